The van der Waals surface area contributed by atoms with Crippen LogP contribution in [0.1, 0.15) is 32.6 Å². The van der Waals surface area contributed by atoms with Crippen LogP contribution in [0.25, 0.3) is 32.2 Å². The van der Waals surface area contributed by atoms with Gasteiger partial charge in [-0.1, -0.05) is 22.9 Å². The number of piperazine rings is 1. The van der Waals surface area contributed by atoms with E-state index in [0.29, 0.717) is 49.2 Å². The summed E-state index contributed by atoms with van der Waals surface area (Å²) in [5, 5.41) is 4.28. The van der Waals surface area contributed by atoms with Gasteiger partial charge in [0.05, 0.1) is 15.2 Å². The van der Waals surface area contributed by atoms with Gasteiger partial charge in [0, 0.05) is 61.3 Å². The summed E-state index contributed by atoms with van der Waals surface area (Å²) in [6.07, 6.45) is 1.93. The third-order valence-corrected chi connectivity index (χ3v) is 9.78. The number of rotatable bonds is 6. The first-order valence-corrected chi connectivity index (χ1v) is 15.5. The van der Waals surface area contributed by atoms with Crippen molar-refractivity contribution in [2.75, 3.05) is 43.4 Å². The van der Waals surface area contributed by atoms with Crippen LogP contribution in [0.2, 0.25) is 5.02 Å². The predicted molar refractivity (Wildman–Crippen MR) is 160 cm³/mol. The van der Waals surface area contributed by atoms with E-state index in [1.54, 1.807) is 6.07 Å². The average molecular weight is 618 g/mol. The Morgan fingerprint density at radius 3 is 2.57 bits per heavy atom. The summed E-state index contributed by atoms with van der Waals surface area (Å²) in [5.74, 6) is -0.561. The number of piperidine rings is 1. The molecule has 7 rings (SSSR count). The monoisotopic (exact) mass is 617 g/mol. The van der Waals surface area contributed by atoms with Gasteiger partial charge < -0.3 is 20.7 Å². The van der Waals surface area contributed by atoms with Gasteiger partial charge in [-0.25, -0.2) is 18.2 Å². The molecule has 4 aromatic rings. The summed E-state index contributed by atoms with van der Waals surface area (Å²) in [6.45, 7) is 5.40. The van der Waals surface area contributed by atoms with Crippen molar-refractivity contribution in [3.8, 4) is 17.1 Å². The number of fused-ring (bicyclic) bond motifs is 4. The van der Waals surface area contributed by atoms with Gasteiger partial charge in [-0.3, -0.25) is 4.90 Å². The first kappa shape index (κ1) is 27.9. The Morgan fingerprint density at radius 2 is 1.83 bits per heavy atom. The van der Waals surface area contributed by atoms with Crippen molar-refractivity contribution >= 4 is 55.0 Å². The molecule has 2 unspecified atom stereocenters. The number of benzene rings is 2. The third kappa shape index (κ3) is 4.91. The minimum atomic E-state index is -0.759. The van der Waals surface area contributed by atoms with Gasteiger partial charge in [0.25, 0.3) is 0 Å². The van der Waals surface area contributed by atoms with Crippen LogP contribution in [0.15, 0.2) is 18.2 Å². The Bertz CT molecular complexity index is 1650. The summed E-state index contributed by atoms with van der Waals surface area (Å²) in [4.78, 5) is 18.1. The van der Waals surface area contributed by atoms with E-state index in [-0.39, 0.29) is 55.6 Å². The number of nitrogen functional groups attached to an aromatic ring is 1. The Labute approximate surface area is 250 Å². The van der Waals surface area contributed by atoms with E-state index in [9.17, 15) is 8.78 Å². The van der Waals surface area contributed by atoms with E-state index in [4.69, 9.17) is 27.1 Å². The zero-order chi connectivity index (χ0) is 29.1. The van der Waals surface area contributed by atoms with Crippen molar-refractivity contribution in [1.82, 2.24) is 25.2 Å². The van der Waals surface area contributed by atoms with Crippen molar-refractivity contribution < 1.29 is 17.9 Å². The molecule has 0 saturated carbocycles. The number of nitrogens with one attached hydrogen (secondary N) is 1. The Morgan fingerprint density at radius 1 is 1.10 bits per heavy atom. The number of aromatic nitrogens is 3. The molecule has 42 heavy (non-hydrogen) atoms. The molecule has 2 aromatic heterocycles. The summed E-state index contributed by atoms with van der Waals surface area (Å²) < 4.78 is 51.3. The smallest absolute Gasteiger partial charge is 0.319 e. The Balaban J connectivity index is 1.34. The standard InChI is InChI=1S/C29H31ClF3N7OS/c1-14(13-39-8-6-15(31)7-9-39)41-29-37-24-19(27(38-29)40-16-2-3-17(40)12-35-11-16)10-20(30)22(23(24)33)18-4-5-21(32)26-25(18)36-28(34)42-26/h4-5,10,14-17,35H,2-3,6-9,11-13H2,1H3,(H2,34,36)/t14-,16?,17?/m0/s1. The lowest BCUT2D eigenvalue weighted by Gasteiger charge is -2.37. The first-order valence-electron chi connectivity index (χ1n) is 14.3. The summed E-state index contributed by atoms with van der Waals surface area (Å²) in [5.41, 5.74) is 6.61. The molecular formula is C29H31ClF3N7OS. The quantitative estimate of drug-likeness (QED) is 0.291. The number of halogens is 4. The van der Waals surface area contributed by atoms with Gasteiger partial charge in [0.15, 0.2) is 10.9 Å². The zero-order valence-electron chi connectivity index (χ0n) is 23.0. The van der Waals surface area contributed by atoms with Crippen LogP contribution < -0.4 is 20.7 Å². The number of hydrogen-bond donors (Lipinski definition) is 2. The highest BCUT2D eigenvalue weighted by Gasteiger charge is 2.39. The van der Waals surface area contributed by atoms with E-state index in [1.165, 1.54) is 12.1 Å². The molecule has 0 radical (unpaired) electrons. The average Bonchev–Trinajstić information content (AvgIpc) is 3.47. The normalized spacial score (nSPS) is 22.4. The molecule has 3 fully saturated rings. The molecule has 8 nitrogen and oxygen atoms in total. The number of likely N-dealkylation sites (tertiary alicyclic amines) is 1. The third-order valence-electron chi connectivity index (χ3n) is 8.59. The van der Waals surface area contributed by atoms with Crippen molar-refractivity contribution in [3.63, 3.8) is 0 Å². The van der Waals surface area contributed by atoms with Crippen LogP contribution in [-0.2, 0) is 0 Å². The molecule has 2 aromatic carbocycles. The highest BCUT2D eigenvalue weighted by molar-refractivity contribution is 7.22. The number of nitrogens with zero attached hydrogens (tertiary/aromatic N) is 5. The van der Waals surface area contributed by atoms with E-state index in [0.717, 1.165) is 37.3 Å². The topological polar surface area (TPSA) is 92.4 Å². The van der Waals surface area contributed by atoms with E-state index in [1.807, 2.05) is 6.92 Å². The fraction of sp³-hybridized carbons (Fsp3) is 0.483. The molecule has 3 saturated heterocycles. The Kier molecular flexibility index (Phi) is 7.28. The second-order valence-corrected chi connectivity index (χ2v) is 12.9. The van der Waals surface area contributed by atoms with Gasteiger partial charge >= 0.3 is 6.01 Å². The zero-order valence-corrected chi connectivity index (χ0v) is 24.6. The summed E-state index contributed by atoms with van der Waals surface area (Å²) in [7, 11) is 0. The lowest BCUT2D eigenvalue weighted by Crippen LogP contribution is -2.52. The molecule has 0 aliphatic carbocycles. The highest BCUT2D eigenvalue weighted by atomic mass is 35.5. The lowest BCUT2D eigenvalue weighted by molar-refractivity contribution is 0.0965. The van der Waals surface area contributed by atoms with Gasteiger partial charge in [-0.05, 0) is 50.8 Å². The van der Waals surface area contributed by atoms with Gasteiger partial charge in [0.1, 0.15) is 29.4 Å². The minimum Gasteiger partial charge on any atom is -0.459 e. The van der Waals surface area contributed by atoms with Crippen molar-refractivity contribution in [1.29, 1.82) is 0 Å². The number of alkyl halides is 1. The molecule has 0 amide bonds. The second kappa shape index (κ2) is 11.0. The molecule has 3 N–H and O–H groups in total. The van der Waals surface area contributed by atoms with Crippen molar-refractivity contribution in [3.05, 3.63) is 34.9 Å². The first-order chi connectivity index (χ1) is 20.3. The molecule has 222 valence electrons. The maximum Gasteiger partial charge on any atom is 0.319 e. The lowest BCUT2D eigenvalue weighted by atomic mass is 10.0. The molecule has 5 heterocycles. The van der Waals surface area contributed by atoms with Crippen LogP contribution in [0, 0.1) is 11.6 Å². The van der Waals surface area contributed by atoms with Crippen LogP contribution in [0.5, 0.6) is 6.01 Å². The summed E-state index contributed by atoms with van der Waals surface area (Å²) in [6, 6.07) is 4.88. The molecule has 3 atom stereocenters. The number of thiazole rings is 1. The van der Waals surface area contributed by atoms with Crippen LogP contribution >= 0.6 is 22.9 Å². The molecule has 13 heteroatoms. The van der Waals surface area contributed by atoms with Gasteiger partial charge in [0.2, 0.25) is 0 Å². The van der Waals surface area contributed by atoms with Crippen LogP contribution in [-0.4, -0.2) is 76.9 Å². The van der Waals surface area contributed by atoms with E-state index in [2.05, 4.69) is 25.1 Å². The van der Waals surface area contributed by atoms with Gasteiger partial charge in [-0.15, -0.1) is 0 Å². The summed E-state index contributed by atoms with van der Waals surface area (Å²) >= 11 is 7.79. The number of hydrogen-bond acceptors (Lipinski definition) is 9. The number of ether oxygens (including phenoxy) is 1. The van der Waals surface area contributed by atoms with Gasteiger partial charge in [-0.2, -0.15) is 9.97 Å². The molecule has 0 spiro atoms. The molecule has 2 bridgehead atoms. The SMILES string of the molecule is C[C@@H](CN1CCC(F)CC1)Oc1nc(N2C3CCC2CNC3)c2cc(Cl)c(-c3ccc(F)c4sc(N)nc34)c(F)c2n1. The Hall–Kier alpha value is -2.93. The molecular weight excluding hydrogens is 587 g/mol. The highest BCUT2D eigenvalue weighted by Crippen LogP contribution is 2.44. The fourth-order valence-electron chi connectivity index (χ4n) is 6.64. The number of anilines is 2. The largest absolute Gasteiger partial charge is 0.459 e. The molecule has 3 aliphatic rings. The van der Waals surface area contributed by atoms with Crippen LogP contribution in [0.3, 0.4) is 0 Å². The van der Waals surface area contributed by atoms with Crippen LogP contribution in [0.4, 0.5) is 24.1 Å². The van der Waals surface area contributed by atoms with Crippen molar-refractivity contribution in [2.45, 2.75) is 57.0 Å². The number of nitrogens with two attached hydrogens (primary N) is 1. The minimum absolute atomic E-state index is 0.0673. The second-order valence-electron chi connectivity index (χ2n) is 11.5. The van der Waals surface area contributed by atoms with E-state index >= 15 is 4.39 Å². The van der Waals surface area contributed by atoms with E-state index < -0.39 is 17.8 Å². The van der Waals surface area contributed by atoms with Crippen molar-refractivity contribution in [2.24, 2.45) is 0 Å². The predicted octanol–water partition coefficient (Wildman–Crippen LogP) is 5.56. The maximum atomic E-state index is 16.7. The molecule has 3 aliphatic heterocycles. The maximum absolute atomic E-state index is 16.7. The fourth-order valence-corrected chi connectivity index (χ4v) is 7.70.